The van der Waals surface area contributed by atoms with Crippen molar-refractivity contribution in [3.8, 4) is 0 Å². The molecule has 0 spiro atoms. The molecule has 0 bridgehead atoms. The first-order chi connectivity index (χ1) is 15.2. The number of carbonyl (C=O) groups excluding carboxylic acids is 4. The zero-order valence-electron chi connectivity index (χ0n) is 20.0. The van der Waals surface area contributed by atoms with Crippen molar-refractivity contribution >= 4 is 29.6 Å². The van der Waals surface area contributed by atoms with Gasteiger partial charge >= 0.3 is 5.97 Å². The van der Waals surface area contributed by atoms with Gasteiger partial charge in [0.15, 0.2) is 6.04 Å². The van der Waals surface area contributed by atoms with E-state index in [0.29, 0.717) is 6.42 Å². The fourth-order valence-corrected chi connectivity index (χ4v) is 3.00. The van der Waals surface area contributed by atoms with Gasteiger partial charge in [-0.15, -0.1) is 0 Å². The van der Waals surface area contributed by atoms with Crippen LogP contribution in [-0.2, 0) is 24.0 Å². The quantitative estimate of drug-likeness (QED) is 0.150. The lowest BCUT2D eigenvalue weighted by atomic mass is 9.96. The minimum Gasteiger partial charge on any atom is -0.480 e. The summed E-state index contributed by atoms with van der Waals surface area (Å²) in [5, 5.41) is 26.3. The largest absolute Gasteiger partial charge is 0.480 e. The van der Waals surface area contributed by atoms with Crippen molar-refractivity contribution in [3.05, 3.63) is 0 Å². The molecule has 12 heteroatoms. The van der Waals surface area contributed by atoms with Crippen molar-refractivity contribution in [3.63, 3.8) is 0 Å². The van der Waals surface area contributed by atoms with Gasteiger partial charge in [0, 0.05) is 6.42 Å². The predicted octanol–water partition coefficient (Wildman–Crippen LogP) is -1.41. The first-order valence-corrected chi connectivity index (χ1v) is 11.1. The Kier molecular flexibility index (Phi) is 13.2. The summed E-state index contributed by atoms with van der Waals surface area (Å²) in [6.07, 6.45) is -0.676. The Morgan fingerprint density at radius 1 is 0.879 bits per heavy atom. The average molecular weight is 474 g/mol. The maximum absolute atomic E-state index is 13.0. The third kappa shape index (κ3) is 11.1. The molecule has 0 aliphatic rings. The summed E-state index contributed by atoms with van der Waals surface area (Å²) >= 11 is 0. The van der Waals surface area contributed by atoms with Crippen LogP contribution in [0.15, 0.2) is 0 Å². The second-order valence-corrected chi connectivity index (χ2v) is 8.74. The number of aliphatic carboxylic acids is 1. The molecule has 0 aromatic carbocycles. The lowest BCUT2D eigenvalue weighted by Gasteiger charge is -2.29. The van der Waals surface area contributed by atoms with Crippen LogP contribution in [0.3, 0.4) is 0 Å². The van der Waals surface area contributed by atoms with Crippen LogP contribution in [0.1, 0.15) is 60.3 Å². The molecule has 0 aliphatic carbocycles. The second-order valence-electron chi connectivity index (χ2n) is 8.74. The molecule has 6 unspecified atom stereocenters. The van der Waals surface area contributed by atoms with Crippen LogP contribution in [0, 0.1) is 11.8 Å². The molecule has 190 valence electrons. The Morgan fingerprint density at radius 3 is 1.85 bits per heavy atom. The van der Waals surface area contributed by atoms with E-state index in [2.05, 4.69) is 16.0 Å². The van der Waals surface area contributed by atoms with Crippen molar-refractivity contribution in [2.75, 3.05) is 0 Å². The summed E-state index contributed by atoms with van der Waals surface area (Å²) in [4.78, 5) is 60.4. The summed E-state index contributed by atoms with van der Waals surface area (Å²) in [5.41, 5.74) is 10.9. The number of aliphatic hydroxyl groups excluding tert-OH is 1. The van der Waals surface area contributed by atoms with Gasteiger partial charge in [-0.3, -0.25) is 19.2 Å². The highest BCUT2D eigenvalue weighted by Gasteiger charge is 2.34. The Morgan fingerprint density at radius 2 is 1.42 bits per heavy atom. The number of rotatable bonds is 15. The van der Waals surface area contributed by atoms with E-state index in [0.717, 1.165) is 0 Å². The van der Waals surface area contributed by atoms with Crippen molar-refractivity contribution < 1.29 is 34.2 Å². The van der Waals surface area contributed by atoms with Gasteiger partial charge in [0.05, 0.1) is 12.1 Å². The summed E-state index contributed by atoms with van der Waals surface area (Å²) in [6, 6.07) is -4.70. The lowest BCUT2D eigenvalue weighted by Crippen LogP contribution is -2.60. The topological polar surface area (TPSA) is 214 Å². The van der Waals surface area contributed by atoms with Gasteiger partial charge in [-0.1, -0.05) is 34.1 Å². The molecule has 0 rings (SSSR count). The highest BCUT2D eigenvalue weighted by atomic mass is 16.4. The molecule has 0 saturated carbocycles. The number of nitrogens with one attached hydrogen (secondary N) is 3. The van der Waals surface area contributed by atoms with E-state index in [-0.39, 0.29) is 31.1 Å². The molecule has 0 aliphatic heterocycles. The molecule has 33 heavy (non-hydrogen) atoms. The van der Waals surface area contributed by atoms with E-state index in [4.69, 9.17) is 11.5 Å². The fourth-order valence-electron chi connectivity index (χ4n) is 3.00. The molecule has 12 nitrogen and oxygen atoms in total. The molecule has 6 atom stereocenters. The minimum atomic E-state index is -1.55. The molecule has 0 aromatic heterocycles. The van der Waals surface area contributed by atoms with Crippen LogP contribution in [-0.4, -0.2) is 70.1 Å². The van der Waals surface area contributed by atoms with Crippen LogP contribution in [0.5, 0.6) is 0 Å². The second kappa shape index (κ2) is 14.4. The summed E-state index contributed by atoms with van der Waals surface area (Å²) < 4.78 is 0. The maximum atomic E-state index is 13.0. The Labute approximate surface area is 194 Å². The summed E-state index contributed by atoms with van der Waals surface area (Å²) in [5.74, 6) is -4.42. The van der Waals surface area contributed by atoms with Gasteiger partial charge in [0.25, 0.3) is 0 Å². The van der Waals surface area contributed by atoms with Crippen molar-refractivity contribution in [2.24, 2.45) is 23.3 Å². The van der Waals surface area contributed by atoms with Crippen molar-refractivity contribution in [2.45, 2.75) is 90.6 Å². The predicted molar refractivity (Wildman–Crippen MR) is 120 cm³/mol. The number of hydrogen-bond acceptors (Lipinski definition) is 7. The zero-order chi connectivity index (χ0) is 25.9. The van der Waals surface area contributed by atoms with Crippen molar-refractivity contribution in [1.29, 1.82) is 0 Å². The van der Waals surface area contributed by atoms with Crippen LogP contribution < -0.4 is 27.4 Å². The van der Waals surface area contributed by atoms with Crippen molar-refractivity contribution in [1.82, 2.24) is 16.0 Å². The van der Waals surface area contributed by atoms with Gasteiger partial charge in [-0.2, -0.15) is 0 Å². The summed E-state index contributed by atoms with van der Waals surface area (Å²) in [7, 11) is 0. The van der Waals surface area contributed by atoms with Crippen LogP contribution in [0.4, 0.5) is 0 Å². The Bertz CT molecular complexity index is 698. The third-order valence-corrected chi connectivity index (χ3v) is 5.22. The monoisotopic (exact) mass is 473 g/mol. The number of amides is 4. The van der Waals surface area contributed by atoms with E-state index in [1.54, 1.807) is 13.8 Å². The average Bonchev–Trinajstić information content (AvgIpc) is 2.71. The molecule has 0 radical (unpaired) electrons. The van der Waals surface area contributed by atoms with E-state index in [1.807, 2.05) is 13.8 Å². The molecule has 0 heterocycles. The molecule has 4 amide bonds. The Balaban J connectivity index is 5.52. The molecule has 9 N–H and O–H groups in total. The number of carboxylic acids is 1. The SMILES string of the molecule is CCC(C)C(NC(=O)C(CC(C)C)NC(=O)C(N)CCC(N)=O)C(=O)NC(C(=O)O)C(C)O. The number of primary amides is 1. The first-order valence-electron chi connectivity index (χ1n) is 11.1. The molecular weight excluding hydrogens is 434 g/mol. The highest BCUT2D eigenvalue weighted by molar-refractivity contribution is 5.94. The first kappa shape index (κ1) is 30.3. The van der Waals surface area contributed by atoms with E-state index < -0.39 is 59.9 Å². The smallest absolute Gasteiger partial charge is 0.328 e. The van der Waals surface area contributed by atoms with E-state index in [1.165, 1.54) is 6.92 Å². The number of carbonyl (C=O) groups is 5. The molecule has 0 aromatic rings. The highest BCUT2D eigenvalue weighted by Crippen LogP contribution is 2.12. The minimum absolute atomic E-state index is 0.00500. The van der Waals surface area contributed by atoms with E-state index >= 15 is 0 Å². The number of carboxylic acid groups (broad SMARTS) is 1. The van der Waals surface area contributed by atoms with Gasteiger partial charge in [0.2, 0.25) is 23.6 Å². The lowest BCUT2D eigenvalue weighted by molar-refractivity contribution is -0.145. The van der Waals surface area contributed by atoms with E-state index in [9.17, 15) is 34.2 Å². The Hall–Kier alpha value is -2.73. The zero-order valence-corrected chi connectivity index (χ0v) is 20.0. The van der Waals surface area contributed by atoms with Crippen LogP contribution in [0.25, 0.3) is 0 Å². The van der Waals surface area contributed by atoms with Gasteiger partial charge in [0.1, 0.15) is 12.1 Å². The van der Waals surface area contributed by atoms with Crippen LogP contribution in [0.2, 0.25) is 0 Å². The fraction of sp³-hybridized carbons (Fsp3) is 0.762. The number of aliphatic hydroxyl groups is 1. The van der Waals surface area contributed by atoms with Gasteiger partial charge < -0.3 is 37.6 Å². The third-order valence-electron chi connectivity index (χ3n) is 5.22. The molecule has 0 fully saturated rings. The standard InChI is InChI=1S/C21H39N5O7/c1-6-11(4)16(20(31)26-17(12(5)27)21(32)33)25-19(30)14(9-10(2)3)24-18(29)13(22)7-8-15(23)28/h10-14,16-17,27H,6-9,22H2,1-5H3,(H2,23,28)(H,24,29)(H,25,30)(H,26,31)(H,32,33). The maximum Gasteiger partial charge on any atom is 0.328 e. The van der Waals surface area contributed by atoms with Gasteiger partial charge in [-0.25, -0.2) is 4.79 Å². The van der Waals surface area contributed by atoms with Gasteiger partial charge in [-0.05, 0) is 31.6 Å². The molecular formula is C21H39N5O7. The van der Waals surface area contributed by atoms with Crippen LogP contribution >= 0.6 is 0 Å². The normalized spacial score (nSPS) is 16.6. The number of nitrogens with two attached hydrogens (primary N) is 2. The number of hydrogen-bond donors (Lipinski definition) is 7. The summed E-state index contributed by atoms with van der Waals surface area (Å²) in [6.45, 7) is 8.42. The molecule has 0 saturated heterocycles.